The standard InChI is InChI=1S/C9H12BrF3N4O/c1-14-7-6(10)8(16-5-15-7)17(2-3-18)4-9(11,12)13/h5,18H,2-4H2,1H3,(H,14,15,16). The first-order valence-corrected chi connectivity index (χ1v) is 5.79. The van der Waals surface area contributed by atoms with Gasteiger partial charge in [-0.05, 0) is 15.9 Å². The van der Waals surface area contributed by atoms with Gasteiger partial charge in [-0.2, -0.15) is 13.2 Å². The molecule has 0 saturated heterocycles. The van der Waals surface area contributed by atoms with Crippen LogP contribution in [0.2, 0.25) is 0 Å². The molecule has 0 bridgehead atoms. The monoisotopic (exact) mass is 328 g/mol. The Morgan fingerprint density at radius 1 is 1.44 bits per heavy atom. The maximum atomic E-state index is 12.4. The SMILES string of the molecule is CNc1ncnc(N(CCO)CC(F)(F)F)c1Br. The molecule has 0 saturated carbocycles. The van der Waals surface area contributed by atoms with E-state index in [0.717, 1.165) is 11.2 Å². The molecule has 5 nitrogen and oxygen atoms in total. The zero-order valence-corrected chi connectivity index (χ0v) is 11.1. The Hall–Kier alpha value is -1.09. The van der Waals surface area contributed by atoms with Crippen molar-refractivity contribution in [2.24, 2.45) is 0 Å². The minimum absolute atomic E-state index is 0.0840. The smallest absolute Gasteiger partial charge is 0.395 e. The Balaban J connectivity index is 3.05. The minimum Gasteiger partial charge on any atom is -0.395 e. The minimum atomic E-state index is -4.38. The van der Waals surface area contributed by atoms with Crippen molar-refractivity contribution in [3.8, 4) is 0 Å². The molecule has 2 N–H and O–H groups in total. The Bertz CT molecular complexity index is 402. The molecule has 1 rings (SSSR count). The van der Waals surface area contributed by atoms with Crippen LogP contribution in [0.15, 0.2) is 10.8 Å². The van der Waals surface area contributed by atoms with Crippen LogP contribution in [-0.2, 0) is 0 Å². The van der Waals surface area contributed by atoms with Crippen LogP contribution in [0.25, 0.3) is 0 Å². The third-order valence-corrected chi connectivity index (χ3v) is 2.78. The first kappa shape index (κ1) is 15.0. The lowest BCUT2D eigenvalue weighted by atomic mass is 10.4. The molecule has 0 fully saturated rings. The predicted molar refractivity (Wildman–Crippen MR) is 64.6 cm³/mol. The largest absolute Gasteiger partial charge is 0.405 e. The van der Waals surface area contributed by atoms with Gasteiger partial charge in [-0.25, -0.2) is 9.97 Å². The summed E-state index contributed by atoms with van der Waals surface area (Å²) in [5, 5.41) is 11.6. The fourth-order valence-electron chi connectivity index (χ4n) is 1.35. The summed E-state index contributed by atoms with van der Waals surface area (Å²) < 4.78 is 37.6. The number of aromatic nitrogens is 2. The van der Waals surface area contributed by atoms with E-state index in [1.165, 1.54) is 0 Å². The number of alkyl halides is 3. The van der Waals surface area contributed by atoms with E-state index in [9.17, 15) is 13.2 Å². The fraction of sp³-hybridized carbons (Fsp3) is 0.556. The summed E-state index contributed by atoms with van der Waals surface area (Å²) in [4.78, 5) is 8.60. The molecule has 0 spiro atoms. The van der Waals surface area contributed by atoms with Crippen LogP contribution < -0.4 is 10.2 Å². The van der Waals surface area contributed by atoms with Gasteiger partial charge in [0.15, 0.2) is 0 Å². The van der Waals surface area contributed by atoms with Gasteiger partial charge in [0, 0.05) is 13.6 Å². The van der Waals surface area contributed by atoms with Crippen molar-refractivity contribution in [3.63, 3.8) is 0 Å². The molecule has 0 aliphatic carbocycles. The molecule has 1 aromatic heterocycles. The van der Waals surface area contributed by atoms with Gasteiger partial charge in [0.1, 0.15) is 29.0 Å². The summed E-state index contributed by atoms with van der Waals surface area (Å²) >= 11 is 3.14. The Morgan fingerprint density at radius 2 is 2.11 bits per heavy atom. The molecule has 0 aliphatic rings. The Kier molecular flexibility index (Phi) is 5.15. The topological polar surface area (TPSA) is 61.3 Å². The maximum absolute atomic E-state index is 12.4. The summed E-state index contributed by atoms with van der Waals surface area (Å²) in [6.07, 6.45) is -3.22. The molecule has 1 heterocycles. The van der Waals surface area contributed by atoms with E-state index in [0.29, 0.717) is 10.3 Å². The summed E-state index contributed by atoms with van der Waals surface area (Å²) in [5.41, 5.74) is 0. The summed E-state index contributed by atoms with van der Waals surface area (Å²) in [5.74, 6) is 0.464. The molecule has 0 atom stereocenters. The van der Waals surface area contributed by atoms with Crippen LogP contribution in [-0.4, -0.2) is 48.0 Å². The maximum Gasteiger partial charge on any atom is 0.405 e. The number of anilines is 2. The number of aliphatic hydroxyl groups is 1. The quantitative estimate of drug-likeness (QED) is 0.860. The van der Waals surface area contributed by atoms with Gasteiger partial charge in [0.05, 0.1) is 6.61 Å². The lowest BCUT2D eigenvalue weighted by molar-refractivity contribution is -0.120. The lowest BCUT2D eigenvalue weighted by Gasteiger charge is -2.25. The number of nitrogens with zero attached hydrogens (tertiary/aromatic N) is 3. The highest BCUT2D eigenvalue weighted by molar-refractivity contribution is 9.10. The van der Waals surface area contributed by atoms with Gasteiger partial charge in [0.25, 0.3) is 0 Å². The van der Waals surface area contributed by atoms with Crippen LogP contribution in [0, 0.1) is 0 Å². The number of halogens is 4. The van der Waals surface area contributed by atoms with Crippen molar-refractivity contribution in [3.05, 3.63) is 10.8 Å². The Labute approximate surface area is 110 Å². The van der Waals surface area contributed by atoms with Crippen molar-refractivity contribution in [1.29, 1.82) is 0 Å². The van der Waals surface area contributed by atoms with E-state index in [1.807, 2.05) is 0 Å². The number of aliphatic hydroxyl groups excluding tert-OH is 1. The number of rotatable bonds is 5. The van der Waals surface area contributed by atoms with Gasteiger partial charge < -0.3 is 15.3 Å². The van der Waals surface area contributed by atoms with Gasteiger partial charge in [0.2, 0.25) is 0 Å². The molecule has 0 aliphatic heterocycles. The predicted octanol–water partition coefficient (Wildman–Crippen LogP) is 1.64. The average molecular weight is 329 g/mol. The highest BCUT2D eigenvalue weighted by Gasteiger charge is 2.32. The second kappa shape index (κ2) is 6.19. The number of hydrogen-bond acceptors (Lipinski definition) is 5. The summed E-state index contributed by atoms with van der Waals surface area (Å²) in [6, 6.07) is 0. The van der Waals surface area contributed by atoms with Crippen LogP contribution >= 0.6 is 15.9 Å². The van der Waals surface area contributed by atoms with Crippen molar-refractivity contribution < 1.29 is 18.3 Å². The van der Waals surface area contributed by atoms with E-state index >= 15 is 0 Å². The highest BCUT2D eigenvalue weighted by Crippen LogP contribution is 2.30. The molecule has 0 aromatic carbocycles. The van der Waals surface area contributed by atoms with Gasteiger partial charge in [-0.1, -0.05) is 0 Å². The normalized spacial score (nSPS) is 11.4. The average Bonchev–Trinajstić information content (AvgIpc) is 2.27. The molecule has 1 aromatic rings. The zero-order valence-electron chi connectivity index (χ0n) is 9.50. The fourth-order valence-corrected chi connectivity index (χ4v) is 2.01. The van der Waals surface area contributed by atoms with E-state index < -0.39 is 19.3 Å². The highest BCUT2D eigenvalue weighted by atomic mass is 79.9. The molecular formula is C9H12BrF3N4O. The Morgan fingerprint density at radius 3 is 2.61 bits per heavy atom. The first-order chi connectivity index (χ1) is 8.39. The van der Waals surface area contributed by atoms with E-state index in [2.05, 4.69) is 31.2 Å². The van der Waals surface area contributed by atoms with Crippen LogP contribution in [0.4, 0.5) is 24.8 Å². The zero-order chi connectivity index (χ0) is 13.8. The molecule has 18 heavy (non-hydrogen) atoms. The van der Waals surface area contributed by atoms with E-state index in [4.69, 9.17) is 5.11 Å². The molecular weight excluding hydrogens is 317 g/mol. The molecule has 0 amide bonds. The van der Waals surface area contributed by atoms with Crippen molar-refractivity contribution in [2.45, 2.75) is 6.18 Å². The van der Waals surface area contributed by atoms with Crippen LogP contribution in [0.5, 0.6) is 0 Å². The van der Waals surface area contributed by atoms with E-state index in [1.54, 1.807) is 7.05 Å². The van der Waals surface area contributed by atoms with Crippen molar-refractivity contribution in [1.82, 2.24) is 9.97 Å². The van der Waals surface area contributed by atoms with Crippen LogP contribution in [0.3, 0.4) is 0 Å². The third kappa shape index (κ3) is 3.98. The van der Waals surface area contributed by atoms with Gasteiger partial charge in [-0.15, -0.1) is 0 Å². The van der Waals surface area contributed by atoms with Crippen molar-refractivity contribution >= 4 is 27.6 Å². The number of hydrogen-bond donors (Lipinski definition) is 2. The second-order valence-corrected chi connectivity index (χ2v) is 4.16. The second-order valence-electron chi connectivity index (χ2n) is 3.37. The van der Waals surface area contributed by atoms with Crippen LogP contribution in [0.1, 0.15) is 0 Å². The molecule has 0 radical (unpaired) electrons. The molecule has 0 unspecified atom stereocenters. The van der Waals surface area contributed by atoms with Gasteiger partial charge >= 0.3 is 6.18 Å². The number of nitrogens with one attached hydrogen (secondary N) is 1. The molecule has 102 valence electrons. The lowest BCUT2D eigenvalue weighted by Crippen LogP contribution is -2.37. The van der Waals surface area contributed by atoms with Crippen molar-refractivity contribution in [2.75, 3.05) is 37.0 Å². The van der Waals surface area contributed by atoms with E-state index in [-0.39, 0.29) is 12.4 Å². The summed E-state index contributed by atoms with van der Waals surface area (Å²) in [6.45, 7) is -1.76. The third-order valence-electron chi connectivity index (χ3n) is 2.05. The van der Waals surface area contributed by atoms with Gasteiger partial charge in [-0.3, -0.25) is 0 Å². The summed E-state index contributed by atoms with van der Waals surface area (Å²) in [7, 11) is 1.59. The first-order valence-electron chi connectivity index (χ1n) is 5.00. The molecule has 9 heteroatoms.